The number of benzene rings is 1. The molecule has 0 heterocycles. The zero-order valence-electron chi connectivity index (χ0n) is 8.18. The van der Waals surface area contributed by atoms with E-state index in [0.29, 0.717) is 0 Å². The first-order valence-electron chi connectivity index (χ1n) is 4.14. The highest BCUT2D eigenvalue weighted by Gasteiger charge is 2.17. The smallest absolute Gasteiger partial charge is 0.288 e. The first-order chi connectivity index (χ1) is 7.93. The summed E-state index contributed by atoms with van der Waals surface area (Å²) in [5.41, 5.74) is 7.39. The van der Waals surface area contributed by atoms with Gasteiger partial charge in [0.15, 0.2) is 5.11 Å². The summed E-state index contributed by atoms with van der Waals surface area (Å²) in [6, 6.07) is 2.57. The number of nitrogens with two attached hydrogens (primary N) is 1. The van der Waals surface area contributed by atoms with Crippen LogP contribution in [0.4, 0.5) is 5.69 Å². The quantitative estimate of drug-likeness (QED) is 0.385. The molecule has 0 saturated heterocycles. The van der Waals surface area contributed by atoms with Crippen molar-refractivity contribution in [2.24, 2.45) is 10.8 Å². The first kappa shape index (κ1) is 13.6. The highest BCUT2D eigenvalue weighted by molar-refractivity contribution is 7.80. The van der Waals surface area contributed by atoms with Crippen LogP contribution in [0.1, 0.15) is 5.56 Å². The zero-order valence-corrected chi connectivity index (χ0v) is 10.5. The normalized spacial score (nSPS) is 10.5. The highest BCUT2D eigenvalue weighted by Crippen LogP contribution is 2.31. The van der Waals surface area contributed by atoms with E-state index in [-0.39, 0.29) is 26.4 Å². The Morgan fingerprint density at radius 1 is 1.59 bits per heavy atom. The van der Waals surface area contributed by atoms with Crippen LogP contribution in [0.15, 0.2) is 17.2 Å². The molecule has 90 valence electrons. The molecule has 0 spiro atoms. The van der Waals surface area contributed by atoms with Crippen molar-refractivity contribution >= 4 is 52.4 Å². The van der Waals surface area contributed by atoms with Gasteiger partial charge in [0.05, 0.1) is 16.2 Å². The van der Waals surface area contributed by atoms with Crippen LogP contribution in [0.25, 0.3) is 0 Å². The van der Waals surface area contributed by atoms with Crippen molar-refractivity contribution in [1.82, 2.24) is 5.43 Å². The second-order valence-electron chi connectivity index (χ2n) is 2.79. The predicted octanol–water partition coefficient (Wildman–Crippen LogP) is 2.07. The molecule has 3 N–H and O–H groups in total. The summed E-state index contributed by atoms with van der Waals surface area (Å²) < 4.78 is 0. The van der Waals surface area contributed by atoms with Gasteiger partial charge in [-0.3, -0.25) is 15.5 Å². The largest absolute Gasteiger partial charge is 0.375 e. The Hall–Kier alpha value is -1.44. The minimum absolute atomic E-state index is 0.0427. The van der Waals surface area contributed by atoms with Crippen molar-refractivity contribution in [3.63, 3.8) is 0 Å². The molecule has 0 aliphatic heterocycles. The number of halogens is 2. The van der Waals surface area contributed by atoms with Crippen LogP contribution in [0.2, 0.25) is 10.0 Å². The molecule has 0 bridgehead atoms. The van der Waals surface area contributed by atoms with Crippen LogP contribution in [-0.4, -0.2) is 16.3 Å². The van der Waals surface area contributed by atoms with Crippen LogP contribution >= 0.6 is 35.4 Å². The van der Waals surface area contributed by atoms with Gasteiger partial charge in [-0.2, -0.15) is 5.10 Å². The van der Waals surface area contributed by atoms with E-state index in [9.17, 15) is 10.1 Å². The maximum absolute atomic E-state index is 10.6. The number of thiocarbonyl (C=S) groups is 1. The third-order valence-electron chi connectivity index (χ3n) is 1.67. The Bertz CT molecular complexity index is 507. The lowest BCUT2D eigenvalue weighted by Crippen LogP contribution is -2.24. The Morgan fingerprint density at radius 2 is 2.24 bits per heavy atom. The number of hydrogen-bond acceptors (Lipinski definition) is 4. The van der Waals surface area contributed by atoms with Gasteiger partial charge in [0.1, 0.15) is 5.02 Å². The number of hydrogen-bond donors (Lipinski definition) is 2. The van der Waals surface area contributed by atoms with E-state index in [1.807, 2.05) is 0 Å². The van der Waals surface area contributed by atoms with Crippen LogP contribution < -0.4 is 11.2 Å². The molecule has 9 heteroatoms. The van der Waals surface area contributed by atoms with Crippen LogP contribution in [0.3, 0.4) is 0 Å². The van der Waals surface area contributed by atoms with E-state index in [1.54, 1.807) is 0 Å². The summed E-state index contributed by atoms with van der Waals surface area (Å²) in [6.45, 7) is 0. The molecule has 0 fully saturated rings. The van der Waals surface area contributed by atoms with E-state index in [4.69, 9.17) is 28.9 Å². The third kappa shape index (κ3) is 3.52. The highest BCUT2D eigenvalue weighted by atomic mass is 35.5. The number of rotatable bonds is 3. The zero-order chi connectivity index (χ0) is 13.0. The van der Waals surface area contributed by atoms with Crippen molar-refractivity contribution in [3.8, 4) is 0 Å². The minimum atomic E-state index is -0.614. The SMILES string of the molecule is NC(=S)N/N=C/c1c(Cl)ccc([N+](=O)[O-])c1Cl. The van der Waals surface area contributed by atoms with Gasteiger partial charge in [-0.1, -0.05) is 23.2 Å². The third-order valence-corrected chi connectivity index (χ3v) is 2.49. The van der Waals surface area contributed by atoms with Crippen molar-refractivity contribution in [2.75, 3.05) is 0 Å². The summed E-state index contributed by atoms with van der Waals surface area (Å²) in [5.74, 6) is 0. The van der Waals surface area contributed by atoms with Crippen molar-refractivity contribution in [2.45, 2.75) is 0 Å². The molecule has 0 unspecified atom stereocenters. The molecule has 17 heavy (non-hydrogen) atoms. The van der Waals surface area contributed by atoms with E-state index in [1.165, 1.54) is 18.3 Å². The second-order valence-corrected chi connectivity index (χ2v) is 4.01. The maximum Gasteiger partial charge on any atom is 0.288 e. The van der Waals surface area contributed by atoms with Gasteiger partial charge >= 0.3 is 0 Å². The van der Waals surface area contributed by atoms with E-state index >= 15 is 0 Å². The molecular formula is C8H6Cl2N4O2S. The van der Waals surface area contributed by atoms with Crippen LogP contribution in [-0.2, 0) is 0 Å². The second kappa shape index (κ2) is 5.76. The number of hydrazone groups is 1. The number of nitrogens with one attached hydrogen (secondary N) is 1. The van der Waals surface area contributed by atoms with Gasteiger partial charge in [-0.05, 0) is 18.3 Å². The van der Waals surface area contributed by atoms with Crippen LogP contribution in [0, 0.1) is 10.1 Å². The molecule has 6 nitrogen and oxygen atoms in total. The lowest BCUT2D eigenvalue weighted by Gasteiger charge is -2.02. The van der Waals surface area contributed by atoms with Crippen molar-refractivity contribution in [1.29, 1.82) is 0 Å². The molecule has 0 aliphatic rings. The maximum atomic E-state index is 10.6. The van der Waals surface area contributed by atoms with Gasteiger partial charge in [0.2, 0.25) is 0 Å². The first-order valence-corrected chi connectivity index (χ1v) is 5.30. The summed E-state index contributed by atoms with van der Waals surface area (Å²) in [6.07, 6.45) is 1.21. The number of nitro benzene ring substituents is 1. The molecule has 0 saturated carbocycles. The average Bonchev–Trinajstić information content (AvgIpc) is 2.21. The van der Waals surface area contributed by atoms with Crippen LogP contribution in [0.5, 0.6) is 0 Å². The standard InChI is InChI=1S/C8H6Cl2N4O2S/c9-5-1-2-6(14(15)16)7(10)4(5)3-12-13-8(11)17/h1-3H,(H3,11,13,17)/b12-3+. The molecule has 0 amide bonds. The Labute approximate surface area is 112 Å². The molecule has 0 atom stereocenters. The van der Waals surface area contributed by atoms with Gasteiger partial charge < -0.3 is 5.73 Å². The van der Waals surface area contributed by atoms with E-state index in [0.717, 1.165) is 0 Å². The molecule has 1 aromatic carbocycles. The summed E-state index contributed by atoms with van der Waals surface area (Å²) in [4.78, 5) is 10.0. The van der Waals surface area contributed by atoms with Crippen molar-refractivity contribution in [3.05, 3.63) is 37.9 Å². The summed E-state index contributed by atoms with van der Waals surface area (Å²) in [7, 11) is 0. The van der Waals surface area contributed by atoms with E-state index in [2.05, 4.69) is 22.7 Å². The minimum Gasteiger partial charge on any atom is -0.375 e. The fourth-order valence-corrected chi connectivity index (χ4v) is 1.57. The Kier molecular flexibility index (Phi) is 4.62. The fourth-order valence-electron chi connectivity index (χ4n) is 0.978. The number of nitro groups is 1. The lowest BCUT2D eigenvalue weighted by molar-refractivity contribution is -0.384. The van der Waals surface area contributed by atoms with Gasteiger partial charge in [0, 0.05) is 11.6 Å². The molecular weight excluding hydrogens is 287 g/mol. The molecule has 1 aromatic rings. The Balaban J connectivity index is 3.14. The molecule has 0 radical (unpaired) electrons. The van der Waals surface area contributed by atoms with Gasteiger partial charge in [-0.15, -0.1) is 0 Å². The summed E-state index contributed by atoms with van der Waals surface area (Å²) in [5, 5.41) is 14.4. The molecule has 0 aliphatic carbocycles. The molecule has 1 rings (SSSR count). The predicted molar refractivity (Wildman–Crippen MR) is 70.6 cm³/mol. The van der Waals surface area contributed by atoms with Gasteiger partial charge in [-0.25, -0.2) is 0 Å². The van der Waals surface area contributed by atoms with Gasteiger partial charge in [0.25, 0.3) is 5.69 Å². The fraction of sp³-hybridized carbons (Fsp3) is 0. The Morgan fingerprint density at radius 3 is 2.76 bits per heavy atom. The monoisotopic (exact) mass is 292 g/mol. The van der Waals surface area contributed by atoms with E-state index < -0.39 is 4.92 Å². The van der Waals surface area contributed by atoms with Crippen molar-refractivity contribution < 1.29 is 4.92 Å². The molecule has 0 aromatic heterocycles. The topological polar surface area (TPSA) is 93.5 Å². The number of nitrogens with zero attached hydrogens (tertiary/aromatic N) is 2. The summed E-state index contributed by atoms with van der Waals surface area (Å²) >= 11 is 16.2. The average molecular weight is 293 g/mol. The lowest BCUT2D eigenvalue weighted by atomic mass is 10.2.